The van der Waals surface area contributed by atoms with Crippen LogP contribution in [-0.4, -0.2) is 41.0 Å². The van der Waals surface area contributed by atoms with E-state index in [0.29, 0.717) is 39.6 Å². The third kappa shape index (κ3) is 4.29. The number of rotatable bonds is 5. The summed E-state index contributed by atoms with van der Waals surface area (Å²) in [5.41, 5.74) is 6.16. The van der Waals surface area contributed by atoms with Gasteiger partial charge in [-0.15, -0.1) is 0 Å². The lowest BCUT2D eigenvalue weighted by molar-refractivity contribution is -0.119. The number of benzene rings is 1. The van der Waals surface area contributed by atoms with Crippen molar-refractivity contribution in [2.45, 2.75) is 25.7 Å². The molecule has 7 rings (SSSR count). The first-order chi connectivity index (χ1) is 19.1. The quantitative estimate of drug-likeness (QED) is 0.261. The van der Waals surface area contributed by atoms with E-state index >= 15 is 0 Å². The number of amides is 1. The minimum absolute atomic E-state index is 0.0493. The normalized spacial score (nSPS) is 13.9. The molecule has 1 fully saturated rings. The Bertz CT molecular complexity index is 1850. The Labute approximate surface area is 222 Å². The van der Waals surface area contributed by atoms with Gasteiger partial charge in [0, 0.05) is 41.2 Å². The zero-order valence-corrected chi connectivity index (χ0v) is 20.8. The second-order valence-corrected chi connectivity index (χ2v) is 9.78. The average Bonchev–Trinajstić information content (AvgIpc) is 3.72. The number of halogens is 1. The molecule has 192 valence electrons. The summed E-state index contributed by atoms with van der Waals surface area (Å²) >= 11 is 0. The number of carbonyl (C=O) groups is 1. The SMILES string of the molecule is O=C(Nc1cncc(-c2cnc3[nH]nc(-c4nc5c(-c6cccc(F)c6)ccnc5[nH]4)c3c2)c1)C1CCCC1. The number of fused-ring (bicyclic) bond motifs is 2. The van der Waals surface area contributed by atoms with Crippen LogP contribution in [0.1, 0.15) is 25.7 Å². The number of aromatic nitrogens is 7. The van der Waals surface area contributed by atoms with Crippen LogP contribution in [0.15, 0.2) is 67.3 Å². The predicted molar refractivity (Wildman–Crippen MR) is 146 cm³/mol. The second kappa shape index (κ2) is 9.39. The van der Waals surface area contributed by atoms with Crippen LogP contribution in [-0.2, 0) is 4.79 Å². The number of imidazole rings is 1. The molecule has 0 bridgehead atoms. The lowest BCUT2D eigenvalue weighted by Crippen LogP contribution is -2.20. The van der Waals surface area contributed by atoms with E-state index in [-0.39, 0.29) is 17.6 Å². The van der Waals surface area contributed by atoms with E-state index in [0.717, 1.165) is 47.8 Å². The molecule has 39 heavy (non-hydrogen) atoms. The average molecular weight is 519 g/mol. The van der Waals surface area contributed by atoms with Gasteiger partial charge in [0.1, 0.15) is 17.0 Å². The summed E-state index contributed by atoms with van der Waals surface area (Å²) in [4.78, 5) is 34.0. The number of carbonyl (C=O) groups excluding carboxylic acids is 1. The minimum atomic E-state index is -0.318. The van der Waals surface area contributed by atoms with Gasteiger partial charge < -0.3 is 10.3 Å². The summed E-state index contributed by atoms with van der Waals surface area (Å²) in [6.07, 6.45) is 10.9. The largest absolute Gasteiger partial charge is 0.324 e. The van der Waals surface area contributed by atoms with Gasteiger partial charge in [0.05, 0.1) is 17.3 Å². The van der Waals surface area contributed by atoms with Crippen LogP contribution in [0.4, 0.5) is 10.1 Å². The number of hydrogen-bond donors (Lipinski definition) is 3. The third-order valence-corrected chi connectivity index (χ3v) is 7.23. The Balaban J connectivity index is 1.25. The summed E-state index contributed by atoms with van der Waals surface area (Å²) in [6.45, 7) is 0. The van der Waals surface area contributed by atoms with Crippen LogP contribution in [0, 0.1) is 11.7 Å². The van der Waals surface area contributed by atoms with Crippen molar-refractivity contribution in [2.75, 3.05) is 5.32 Å². The highest BCUT2D eigenvalue weighted by Crippen LogP contribution is 2.32. The molecular weight excluding hydrogens is 495 g/mol. The van der Waals surface area contributed by atoms with Crippen molar-refractivity contribution in [1.82, 2.24) is 35.1 Å². The Morgan fingerprint density at radius 3 is 2.69 bits per heavy atom. The fourth-order valence-electron chi connectivity index (χ4n) is 5.25. The van der Waals surface area contributed by atoms with Crippen LogP contribution < -0.4 is 5.32 Å². The molecule has 1 aromatic carbocycles. The van der Waals surface area contributed by atoms with Gasteiger partial charge in [-0.1, -0.05) is 25.0 Å². The number of pyridine rings is 3. The number of H-pyrrole nitrogens is 2. The second-order valence-electron chi connectivity index (χ2n) is 9.78. The van der Waals surface area contributed by atoms with E-state index in [1.807, 2.05) is 24.3 Å². The first-order valence-corrected chi connectivity index (χ1v) is 12.8. The van der Waals surface area contributed by atoms with E-state index in [4.69, 9.17) is 4.98 Å². The first kappa shape index (κ1) is 23.2. The van der Waals surface area contributed by atoms with Crippen LogP contribution in [0.3, 0.4) is 0 Å². The molecular formula is C29H23FN8O. The van der Waals surface area contributed by atoms with Crippen LogP contribution >= 0.6 is 0 Å². The molecule has 0 aliphatic heterocycles. The van der Waals surface area contributed by atoms with Crippen molar-refractivity contribution in [2.24, 2.45) is 5.92 Å². The molecule has 0 unspecified atom stereocenters. The Morgan fingerprint density at radius 1 is 0.949 bits per heavy atom. The van der Waals surface area contributed by atoms with Crippen LogP contribution in [0.2, 0.25) is 0 Å². The summed E-state index contributed by atoms with van der Waals surface area (Å²) in [6, 6.07) is 12.1. The van der Waals surface area contributed by atoms with E-state index in [9.17, 15) is 9.18 Å². The number of hydrogen-bond acceptors (Lipinski definition) is 6. The highest BCUT2D eigenvalue weighted by Gasteiger charge is 2.23. The monoisotopic (exact) mass is 518 g/mol. The van der Waals surface area contributed by atoms with Crippen molar-refractivity contribution in [3.63, 3.8) is 0 Å². The van der Waals surface area contributed by atoms with Crippen molar-refractivity contribution in [3.8, 4) is 33.8 Å². The molecule has 10 heteroatoms. The predicted octanol–water partition coefficient (Wildman–Crippen LogP) is 5.89. The smallest absolute Gasteiger partial charge is 0.227 e. The van der Waals surface area contributed by atoms with Crippen LogP contribution in [0.25, 0.3) is 56.0 Å². The summed E-state index contributed by atoms with van der Waals surface area (Å²) < 4.78 is 13.9. The maximum absolute atomic E-state index is 13.9. The maximum atomic E-state index is 13.9. The Hall–Kier alpha value is -4.99. The van der Waals surface area contributed by atoms with Gasteiger partial charge in [-0.05, 0) is 48.7 Å². The molecule has 6 aromatic rings. The maximum Gasteiger partial charge on any atom is 0.227 e. The molecule has 0 spiro atoms. The molecule has 5 aromatic heterocycles. The van der Waals surface area contributed by atoms with E-state index in [2.05, 4.69) is 35.5 Å². The lowest BCUT2D eigenvalue weighted by Gasteiger charge is -2.11. The third-order valence-electron chi connectivity index (χ3n) is 7.23. The molecule has 1 aliphatic rings. The standard InChI is InChI=1S/C29H23FN8O/c30-20-7-3-6-17(10-20)22-8-9-32-27-24(22)35-28(36-27)25-23-12-19(14-33-26(23)38-37-25)18-11-21(15-31-13-18)34-29(39)16-4-1-2-5-16/h3,6-16H,1-2,4-5H2,(H,34,39)(H,32,35,36)(H,33,37,38). The Kier molecular flexibility index (Phi) is 5.58. The first-order valence-electron chi connectivity index (χ1n) is 12.8. The fourth-order valence-corrected chi connectivity index (χ4v) is 5.25. The number of nitrogens with one attached hydrogen (secondary N) is 3. The molecule has 0 saturated heterocycles. The number of nitrogens with zero attached hydrogens (tertiary/aromatic N) is 5. The van der Waals surface area contributed by atoms with Gasteiger partial charge in [-0.3, -0.25) is 14.9 Å². The Morgan fingerprint density at radius 2 is 1.82 bits per heavy atom. The van der Waals surface area contributed by atoms with E-state index in [1.54, 1.807) is 30.9 Å². The molecule has 1 saturated carbocycles. The van der Waals surface area contributed by atoms with E-state index < -0.39 is 0 Å². The minimum Gasteiger partial charge on any atom is -0.324 e. The van der Waals surface area contributed by atoms with Crippen molar-refractivity contribution in [1.29, 1.82) is 0 Å². The lowest BCUT2D eigenvalue weighted by atomic mass is 10.1. The topological polar surface area (TPSA) is 125 Å². The van der Waals surface area contributed by atoms with E-state index in [1.165, 1.54) is 12.1 Å². The molecule has 5 heterocycles. The molecule has 9 nitrogen and oxygen atoms in total. The molecule has 1 aliphatic carbocycles. The van der Waals surface area contributed by atoms with Gasteiger partial charge >= 0.3 is 0 Å². The van der Waals surface area contributed by atoms with Crippen molar-refractivity contribution < 1.29 is 9.18 Å². The zero-order chi connectivity index (χ0) is 26.3. The van der Waals surface area contributed by atoms with Gasteiger partial charge in [0.25, 0.3) is 0 Å². The van der Waals surface area contributed by atoms with Gasteiger partial charge in [0.15, 0.2) is 17.1 Å². The van der Waals surface area contributed by atoms with Gasteiger partial charge in [-0.25, -0.2) is 19.3 Å². The van der Waals surface area contributed by atoms with Crippen molar-refractivity contribution in [3.05, 3.63) is 73.1 Å². The summed E-state index contributed by atoms with van der Waals surface area (Å²) in [5.74, 6) is 0.317. The summed E-state index contributed by atoms with van der Waals surface area (Å²) in [7, 11) is 0. The zero-order valence-electron chi connectivity index (χ0n) is 20.8. The molecule has 3 N–H and O–H groups in total. The summed E-state index contributed by atoms with van der Waals surface area (Å²) in [5, 5.41) is 11.2. The molecule has 0 atom stereocenters. The van der Waals surface area contributed by atoms with Crippen molar-refractivity contribution >= 4 is 33.8 Å². The number of anilines is 1. The highest BCUT2D eigenvalue weighted by molar-refractivity contribution is 5.96. The van der Waals surface area contributed by atoms with Gasteiger partial charge in [0.2, 0.25) is 5.91 Å². The molecule has 1 amide bonds. The van der Waals surface area contributed by atoms with Crippen LogP contribution in [0.5, 0.6) is 0 Å². The highest BCUT2D eigenvalue weighted by atomic mass is 19.1. The fraction of sp³-hybridized carbons (Fsp3) is 0.172. The number of aromatic amines is 2. The molecule has 0 radical (unpaired) electrons. The van der Waals surface area contributed by atoms with Gasteiger partial charge in [-0.2, -0.15) is 5.10 Å².